The maximum absolute atomic E-state index is 13.8. The number of anilines is 2. The average Bonchev–Trinajstić information content (AvgIpc) is 3.72. The number of fused-ring (bicyclic) bond motifs is 3. The summed E-state index contributed by atoms with van der Waals surface area (Å²) in [5, 5.41) is 9.54. The summed E-state index contributed by atoms with van der Waals surface area (Å²) in [5.74, 6) is -0.261. The maximum Gasteiger partial charge on any atom is 0.318 e. The second-order valence-corrected chi connectivity index (χ2v) is 13.4. The number of nitrogens with zero attached hydrogens (tertiary/aromatic N) is 7. The number of hydrogen-bond donors (Lipinski definition) is 0. The molecule has 4 aliphatic heterocycles. The molecule has 1 unspecified atom stereocenters. The van der Waals surface area contributed by atoms with Crippen LogP contribution < -0.4 is 14.5 Å². The van der Waals surface area contributed by atoms with Crippen LogP contribution in [0.1, 0.15) is 61.4 Å². The fourth-order valence-electron chi connectivity index (χ4n) is 8.47. The molecule has 1 aliphatic carbocycles. The highest BCUT2D eigenvalue weighted by molar-refractivity contribution is 5.91. The van der Waals surface area contributed by atoms with Crippen LogP contribution in [0.5, 0.6) is 6.01 Å². The Morgan fingerprint density at radius 3 is 2.70 bits per heavy atom. The van der Waals surface area contributed by atoms with Crippen molar-refractivity contribution in [2.24, 2.45) is 5.92 Å². The molecule has 2 aromatic rings. The van der Waals surface area contributed by atoms with Gasteiger partial charge in [-0.3, -0.25) is 9.69 Å². The summed E-state index contributed by atoms with van der Waals surface area (Å²) in [6, 6.07) is 8.82. The molecule has 3 fully saturated rings. The molecule has 0 bridgehead atoms. The van der Waals surface area contributed by atoms with Crippen molar-refractivity contribution >= 4 is 17.4 Å². The van der Waals surface area contributed by atoms with Gasteiger partial charge in [0.15, 0.2) is 5.83 Å². The van der Waals surface area contributed by atoms with Crippen molar-refractivity contribution in [3.05, 3.63) is 53.0 Å². The number of rotatable bonds is 7. The van der Waals surface area contributed by atoms with Gasteiger partial charge >= 0.3 is 6.01 Å². The second-order valence-electron chi connectivity index (χ2n) is 13.4. The van der Waals surface area contributed by atoms with E-state index in [1.165, 1.54) is 34.6 Å². The van der Waals surface area contributed by atoms with Crippen LogP contribution in [0.4, 0.5) is 15.9 Å². The van der Waals surface area contributed by atoms with E-state index in [4.69, 9.17) is 14.7 Å². The molecule has 7 rings (SSSR count). The van der Waals surface area contributed by atoms with E-state index in [1.54, 1.807) is 0 Å². The lowest BCUT2D eigenvalue weighted by Gasteiger charge is -2.42. The Bertz CT molecular complexity index is 1500. The number of hydrogen-bond acceptors (Lipinski definition) is 8. The van der Waals surface area contributed by atoms with Gasteiger partial charge in [-0.15, -0.1) is 0 Å². The maximum atomic E-state index is 13.8. The van der Waals surface area contributed by atoms with Crippen LogP contribution in [-0.4, -0.2) is 83.1 Å². The van der Waals surface area contributed by atoms with Gasteiger partial charge in [0.25, 0.3) is 5.91 Å². The fraction of sp³-hybridized carbons (Fsp3) is 0.588. The highest BCUT2D eigenvalue weighted by Crippen LogP contribution is 2.40. The molecule has 10 heteroatoms. The Morgan fingerprint density at radius 1 is 1.11 bits per heavy atom. The number of halogens is 1. The number of benzene rings is 1. The van der Waals surface area contributed by atoms with Crippen LogP contribution in [0.2, 0.25) is 0 Å². The third kappa shape index (κ3) is 5.19. The molecule has 44 heavy (non-hydrogen) atoms. The van der Waals surface area contributed by atoms with Crippen molar-refractivity contribution in [2.45, 2.75) is 76.4 Å². The van der Waals surface area contributed by atoms with E-state index in [2.05, 4.69) is 52.5 Å². The first-order valence-electron chi connectivity index (χ1n) is 16.3. The minimum atomic E-state index is -0.995. The monoisotopic (exact) mass is 599 g/mol. The minimum Gasteiger partial charge on any atom is -0.461 e. The summed E-state index contributed by atoms with van der Waals surface area (Å²) in [4.78, 5) is 31.2. The number of nitriles is 1. The van der Waals surface area contributed by atoms with Gasteiger partial charge in [0.1, 0.15) is 12.4 Å². The van der Waals surface area contributed by atoms with Crippen LogP contribution in [0.15, 0.2) is 30.6 Å². The Hall–Kier alpha value is -3.71. The predicted octanol–water partition coefficient (Wildman–Crippen LogP) is 4.20. The molecule has 2 atom stereocenters. The van der Waals surface area contributed by atoms with Crippen molar-refractivity contribution < 1.29 is 13.9 Å². The van der Waals surface area contributed by atoms with Crippen LogP contribution in [0.3, 0.4) is 0 Å². The van der Waals surface area contributed by atoms with Crippen molar-refractivity contribution in [2.75, 3.05) is 55.7 Å². The van der Waals surface area contributed by atoms with Gasteiger partial charge in [0, 0.05) is 37.4 Å². The van der Waals surface area contributed by atoms with Crippen molar-refractivity contribution in [1.29, 1.82) is 5.26 Å². The number of piperazine rings is 1. The first kappa shape index (κ1) is 29.0. The molecule has 5 heterocycles. The summed E-state index contributed by atoms with van der Waals surface area (Å²) < 4.78 is 20.3. The lowest BCUT2D eigenvalue weighted by Crippen LogP contribution is -2.55. The number of amides is 1. The van der Waals surface area contributed by atoms with E-state index >= 15 is 0 Å². The van der Waals surface area contributed by atoms with Crippen molar-refractivity contribution in [3.63, 3.8) is 0 Å². The molecular formula is C34H42FN7O2. The molecule has 1 aromatic carbocycles. The minimum absolute atomic E-state index is 0.0748. The number of ether oxygens (including phenoxy) is 1. The largest absolute Gasteiger partial charge is 0.461 e. The molecule has 3 saturated heterocycles. The normalized spacial score (nSPS) is 24.1. The Labute approximate surface area is 259 Å². The zero-order valence-corrected chi connectivity index (χ0v) is 25.7. The van der Waals surface area contributed by atoms with Gasteiger partial charge in [-0.25, -0.2) is 4.39 Å². The first-order valence-corrected chi connectivity index (χ1v) is 16.3. The molecule has 0 radical (unpaired) electrons. The van der Waals surface area contributed by atoms with Crippen LogP contribution in [0, 0.1) is 17.2 Å². The van der Waals surface area contributed by atoms with Crippen LogP contribution in [0.25, 0.3) is 0 Å². The lowest BCUT2D eigenvalue weighted by atomic mass is 9.95. The zero-order chi connectivity index (χ0) is 30.4. The third-order valence-corrected chi connectivity index (χ3v) is 10.6. The second kappa shape index (κ2) is 11.7. The summed E-state index contributed by atoms with van der Waals surface area (Å²) in [5.41, 5.74) is 6.37. The summed E-state index contributed by atoms with van der Waals surface area (Å²) in [6.45, 7) is 11.1. The SMILES string of the molecule is C=C(F)C(=O)N1CCN(c2nc(OCC34CCCN3CCC4)nc3c2CCN(c2cccc4c2CC(C)C4)C3)C[C@@H]1CC#N. The average molecular weight is 600 g/mol. The molecule has 9 nitrogen and oxygen atoms in total. The van der Waals surface area contributed by atoms with Crippen LogP contribution in [-0.2, 0) is 30.6 Å². The van der Waals surface area contributed by atoms with Gasteiger partial charge in [-0.05, 0) is 81.1 Å². The smallest absolute Gasteiger partial charge is 0.318 e. The molecule has 0 N–H and O–H groups in total. The number of carbonyl (C=O) groups excluding carboxylic acids is 1. The van der Waals surface area contributed by atoms with Gasteiger partial charge in [0.05, 0.1) is 36.3 Å². The van der Waals surface area contributed by atoms with Crippen molar-refractivity contribution in [1.82, 2.24) is 19.8 Å². The predicted molar refractivity (Wildman–Crippen MR) is 166 cm³/mol. The molecule has 0 saturated carbocycles. The summed E-state index contributed by atoms with van der Waals surface area (Å²) in [7, 11) is 0. The van der Waals surface area contributed by atoms with Gasteiger partial charge in [0.2, 0.25) is 0 Å². The molecule has 232 valence electrons. The van der Waals surface area contributed by atoms with E-state index in [-0.39, 0.29) is 12.0 Å². The van der Waals surface area contributed by atoms with Gasteiger partial charge in [-0.1, -0.05) is 25.6 Å². The summed E-state index contributed by atoms with van der Waals surface area (Å²) >= 11 is 0. The van der Waals surface area contributed by atoms with E-state index < -0.39 is 17.8 Å². The standard InChI is InChI=1S/C34H42FN7O2/c1-23-18-25-6-3-7-30(28(25)19-23)39-15-9-27-29(21-39)37-33(44-22-34-10-4-13-41(34)14-5-11-34)38-31(27)40-16-17-42(32(43)24(2)35)26(20-40)8-12-36/h3,6-7,23,26H,2,4-5,8-11,13-22H2,1H3/t23?,26-/m0/s1. The van der Waals surface area contributed by atoms with Gasteiger partial charge < -0.3 is 19.4 Å². The van der Waals surface area contributed by atoms with E-state index in [1.807, 2.05) is 0 Å². The molecule has 1 amide bonds. The molecule has 1 aromatic heterocycles. The van der Waals surface area contributed by atoms with E-state index in [0.29, 0.717) is 44.7 Å². The Morgan fingerprint density at radius 2 is 1.93 bits per heavy atom. The Kier molecular flexibility index (Phi) is 7.69. The quantitative estimate of drug-likeness (QED) is 0.438. The van der Waals surface area contributed by atoms with E-state index in [0.717, 1.165) is 68.8 Å². The topological polar surface area (TPSA) is 88.8 Å². The molecular weight excluding hydrogens is 557 g/mol. The fourth-order valence-corrected chi connectivity index (χ4v) is 8.47. The lowest BCUT2D eigenvalue weighted by molar-refractivity contribution is -0.131. The first-order chi connectivity index (χ1) is 21.3. The number of aromatic nitrogens is 2. The third-order valence-electron chi connectivity index (χ3n) is 10.6. The van der Waals surface area contributed by atoms with Crippen molar-refractivity contribution in [3.8, 4) is 12.1 Å². The van der Waals surface area contributed by atoms with Gasteiger partial charge in [-0.2, -0.15) is 15.2 Å². The summed E-state index contributed by atoms with van der Waals surface area (Å²) in [6.07, 6.45) is 7.80. The highest BCUT2D eigenvalue weighted by atomic mass is 19.1. The number of carbonyl (C=O) groups is 1. The molecule has 5 aliphatic rings. The van der Waals surface area contributed by atoms with Crippen LogP contribution >= 0.6 is 0 Å². The van der Waals surface area contributed by atoms with E-state index in [9.17, 15) is 14.4 Å². The zero-order valence-electron chi connectivity index (χ0n) is 25.7. The highest BCUT2D eigenvalue weighted by Gasteiger charge is 2.45. The molecule has 0 spiro atoms. The Balaban J connectivity index is 1.20.